The summed E-state index contributed by atoms with van der Waals surface area (Å²) in [5.74, 6) is 0.776. The molecule has 0 atom stereocenters. The fourth-order valence-corrected chi connectivity index (χ4v) is 3.00. The van der Waals surface area contributed by atoms with Gasteiger partial charge in [0.05, 0.1) is 0 Å². The Morgan fingerprint density at radius 3 is 2.23 bits per heavy atom. The van der Waals surface area contributed by atoms with Crippen LogP contribution in [0, 0.1) is 0 Å². The van der Waals surface area contributed by atoms with E-state index in [-0.39, 0.29) is 11.3 Å². The van der Waals surface area contributed by atoms with E-state index >= 15 is 0 Å². The number of hydrogen-bond acceptors (Lipinski definition) is 4. The molecule has 0 spiro atoms. The second kappa shape index (κ2) is 7.98. The van der Waals surface area contributed by atoms with Gasteiger partial charge in [-0.15, -0.1) is 0 Å². The second-order valence-electron chi connectivity index (χ2n) is 8.21. The van der Waals surface area contributed by atoms with E-state index < -0.39 is 6.03 Å². The van der Waals surface area contributed by atoms with Gasteiger partial charge in [-0.25, -0.2) is 4.79 Å². The van der Waals surface area contributed by atoms with Crippen LogP contribution < -0.4 is 16.0 Å². The summed E-state index contributed by atoms with van der Waals surface area (Å²) in [5.41, 5.74) is 2.36. The number of nitrogens with one attached hydrogen (secondary N) is 4. The van der Waals surface area contributed by atoms with Crippen LogP contribution in [0.4, 0.5) is 22.0 Å². The first-order chi connectivity index (χ1) is 14.8. The highest BCUT2D eigenvalue weighted by Gasteiger charge is 2.20. The van der Waals surface area contributed by atoms with Gasteiger partial charge in [0.25, 0.3) is 5.91 Å². The molecule has 0 aliphatic heterocycles. The molecule has 0 aliphatic carbocycles. The summed E-state index contributed by atoms with van der Waals surface area (Å²) in [6, 6.07) is 17.6. The van der Waals surface area contributed by atoms with Crippen LogP contribution in [0.5, 0.6) is 0 Å². The Labute approximate surface area is 179 Å². The van der Waals surface area contributed by atoms with Crippen molar-refractivity contribution in [3.63, 3.8) is 0 Å². The van der Waals surface area contributed by atoms with Crippen molar-refractivity contribution in [1.29, 1.82) is 0 Å². The van der Waals surface area contributed by atoms with Crippen LogP contribution in [0.2, 0.25) is 0 Å². The molecule has 0 fully saturated rings. The maximum Gasteiger partial charge on any atom is 0.324 e. The number of urea groups is 1. The lowest BCUT2D eigenvalue weighted by molar-refractivity contribution is 0.102. The third-order valence-electron chi connectivity index (χ3n) is 4.67. The number of aromatic amines is 1. The van der Waals surface area contributed by atoms with E-state index in [1.807, 2.05) is 45.0 Å². The number of rotatable bonds is 4. The average Bonchev–Trinajstić information content (AvgIpc) is 3.36. The summed E-state index contributed by atoms with van der Waals surface area (Å²) in [6.45, 7) is 5.99. The highest BCUT2D eigenvalue weighted by molar-refractivity contribution is 6.06. The molecule has 31 heavy (non-hydrogen) atoms. The van der Waals surface area contributed by atoms with Gasteiger partial charge in [-0.05, 0) is 36.4 Å². The van der Waals surface area contributed by atoms with Gasteiger partial charge < -0.3 is 20.1 Å². The van der Waals surface area contributed by atoms with Crippen LogP contribution in [0.3, 0.4) is 0 Å². The number of para-hydroxylation sites is 1. The molecule has 8 heteroatoms. The molecule has 0 saturated carbocycles. The van der Waals surface area contributed by atoms with E-state index in [2.05, 4.69) is 26.1 Å². The summed E-state index contributed by atoms with van der Waals surface area (Å²) in [5, 5.41) is 13.0. The zero-order valence-electron chi connectivity index (χ0n) is 17.4. The van der Waals surface area contributed by atoms with Crippen molar-refractivity contribution >= 4 is 40.0 Å². The van der Waals surface area contributed by atoms with Crippen molar-refractivity contribution < 1.29 is 14.1 Å². The van der Waals surface area contributed by atoms with Crippen molar-refractivity contribution in [3.05, 3.63) is 72.1 Å². The molecule has 0 unspecified atom stereocenters. The molecule has 3 amide bonds. The normalized spacial score (nSPS) is 11.3. The molecule has 0 aliphatic rings. The van der Waals surface area contributed by atoms with Gasteiger partial charge in [0, 0.05) is 33.8 Å². The summed E-state index contributed by atoms with van der Waals surface area (Å²) in [4.78, 5) is 27.8. The summed E-state index contributed by atoms with van der Waals surface area (Å²) in [6.07, 6.45) is 0. The quantitative estimate of drug-likeness (QED) is 0.358. The molecule has 2 heterocycles. The van der Waals surface area contributed by atoms with E-state index in [4.69, 9.17) is 4.52 Å². The third-order valence-corrected chi connectivity index (χ3v) is 4.67. The number of benzene rings is 2. The highest BCUT2D eigenvalue weighted by atomic mass is 16.5. The predicted molar refractivity (Wildman–Crippen MR) is 121 cm³/mol. The van der Waals surface area contributed by atoms with Crippen molar-refractivity contribution in [3.8, 4) is 0 Å². The summed E-state index contributed by atoms with van der Waals surface area (Å²) in [7, 11) is 0. The van der Waals surface area contributed by atoms with Crippen molar-refractivity contribution in [2.24, 2.45) is 0 Å². The Bertz CT molecular complexity index is 1200. The van der Waals surface area contributed by atoms with Crippen molar-refractivity contribution in [2.75, 3.05) is 16.0 Å². The number of fused-ring (bicyclic) bond motifs is 1. The van der Waals surface area contributed by atoms with Crippen molar-refractivity contribution in [1.82, 2.24) is 10.1 Å². The fourth-order valence-electron chi connectivity index (χ4n) is 3.00. The highest BCUT2D eigenvalue weighted by Crippen LogP contribution is 2.24. The smallest absolute Gasteiger partial charge is 0.324 e. The number of anilines is 3. The largest absolute Gasteiger partial charge is 0.359 e. The molecule has 4 aromatic rings. The molecule has 0 bridgehead atoms. The van der Waals surface area contributed by atoms with Crippen LogP contribution in [0.25, 0.3) is 10.9 Å². The predicted octanol–water partition coefficient (Wildman–Crippen LogP) is 5.35. The van der Waals surface area contributed by atoms with E-state index in [0.717, 1.165) is 10.9 Å². The molecule has 2 aromatic carbocycles. The number of hydrogen-bond donors (Lipinski definition) is 4. The monoisotopic (exact) mass is 417 g/mol. The van der Waals surface area contributed by atoms with E-state index in [1.54, 1.807) is 36.4 Å². The van der Waals surface area contributed by atoms with Crippen LogP contribution in [-0.2, 0) is 5.41 Å². The molecule has 2 aromatic heterocycles. The molecular formula is C23H23N5O3. The van der Waals surface area contributed by atoms with Gasteiger partial charge in [-0.1, -0.05) is 44.1 Å². The second-order valence-corrected chi connectivity index (χ2v) is 8.21. The van der Waals surface area contributed by atoms with Crippen LogP contribution in [-0.4, -0.2) is 22.1 Å². The Morgan fingerprint density at radius 1 is 0.903 bits per heavy atom. The van der Waals surface area contributed by atoms with Gasteiger partial charge in [0.2, 0.25) is 0 Å². The minimum atomic E-state index is -0.441. The minimum Gasteiger partial charge on any atom is -0.359 e. The van der Waals surface area contributed by atoms with Gasteiger partial charge in [-0.2, -0.15) is 0 Å². The Balaban J connectivity index is 1.35. The Kier molecular flexibility index (Phi) is 5.21. The molecule has 158 valence electrons. The number of amides is 3. The first-order valence-corrected chi connectivity index (χ1v) is 9.82. The molecule has 8 nitrogen and oxygen atoms in total. The first kappa shape index (κ1) is 20.2. The van der Waals surface area contributed by atoms with Gasteiger partial charge >= 0.3 is 6.03 Å². The zero-order valence-corrected chi connectivity index (χ0v) is 17.4. The molecule has 4 rings (SSSR count). The molecule has 4 N–H and O–H groups in total. The van der Waals surface area contributed by atoms with Crippen molar-refractivity contribution in [2.45, 2.75) is 26.2 Å². The number of nitrogens with zero attached hydrogens (tertiary/aromatic N) is 1. The molecule has 0 radical (unpaired) electrons. The number of H-pyrrole nitrogens is 1. The lowest BCUT2D eigenvalue weighted by atomic mass is 9.93. The maximum absolute atomic E-state index is 12.5. The third kappa shape index (κ3) is 4.75. The lowest BCUT2D eigenvalue weighted by Gasteiger charge is -2.12. The summed E-state index contributed by atoms with van der Waals surface area (Å²) < 4.78 is 5.25. The summed E-state index contributed by atoms with van der Waals surface area (Å²) >= 11 is 0. The zero-order chi connectivity index (χ0) is 22.0. The maximum atomic E-state index is 12.5. The first-order valence-electron chi connectivity index (χ1n) is 9.82. The average molecular weight is 417 g/mol. The van der Waals surface area contributed by atoms with Crippen LogP contribution in [0.15, 0.2) is 65.2 Å². The van der Waals surface area contributed by atoms with E-state index in [0.29, 0.717) is 28.6 Å². The molecule has 0 saturated heterocycles. The number of carbonyl (C=O) groups is 2. The lowest BCUT2D eigenvalue weighted by Crippen LogP contribution is -2.19. The standard InChI is InChI=1S/C23H23N5O3/c1-23(2,3)19-13-20(28-31-19)27-22(30)25-16-10-8-15(9-11-16)24-21(29)18-12-14-6-4-5-7-17(14)26-18/h4-13,26H,1-3H3,(H,24,29)(H2,25,27,28,30). The molecular weight excluding hydrogens is 394 g/mol. The Morgan fingerprint density at radius 2 is 1.58 bits per heavy atom. The SMILES string of the molecule is CC(C)(C)c1cc(NC(=O)Nc2ccc(NC(=O)c3cc4ccccc4[nH]3)cc2)no1. The van der Waals surface area contributed by atoms with Crippen LogP contribution in [0.1, 0.15) is 37.0 Å². The van der Waals surface area contributed by atoms with E-state index in [1.165, 1.54) is 0 Å². The van der Waals surface area contributed by atoms with Gasteiger partial charge in [-0.3, -0.25) is 10.1 Å². The topological polar surface area (TPSA) is 112 Å². The van der Waals surface area contributed by atoms with Crippen LogP contribution >= 0.6 is 0 Å². The Hall–Kier alpha value is -4.07. The van der Waals surface area contributed by atoms with Gasteiger partial charge in [0.1, 0.15) is 11.5 Å². The fraction of sp³-hybridized carbons (Fsp3) is 0.174. The number of aromatic nitrogens is 2. The minimum absolute atomic E-state index is 0.198. The van der Waals surface area contributed by atoms with Gasteiger partial charge in [0.15, 0.2) is 5.82 Å². The van der Waals surface area contributed by atoms with E-state index in [9.17, 15) is 9.59 Å². The number of carbonyl (C=O) groups excluding carboxylic acids is 2.